The summed E-state index contributed by atoms with van der Waals surface area (Å²) >= 11 is 0. The van der Waals surface area contributed by atoms with Crippen molar-refractivity contribution in [2.24, 2.45) is 0 Å². The Morgan fingerprint density at radius 2 is 1.69 bits per heavy atom. The Morgan fingerprint density at radius 3 is 2.25 bits per heavy atom. The number of carboxylic acid groups (broad SMARTS) is 1. The summed E-state index contributed by atoms with van der Waals surface area (Å²) in [5.41, 5.74) is 1.24. The summed E-state index contributed by atoms with van der Waals surface area (Å²) in [6, 6.07) is 10.8. The first kappa shape index (κ1) is 10.5. The zero-order valence-electron chi connectivity index (χ0n) is 9.23. The number of benzene rings is 2. The Kier molecular flexibility index (Phi) is 2.52. The molecule has 3 nitrogen and oxygen atoms in total. The van der Waals surface area contributed by atoms with Crippen molar-refractivity contribution in [2.75, 3.05) is 19.0 Å². The minimum Gasteiger partial charge on any atom is -0.545 e. The minimum absolute atomic E-state index is 0.237. The molecule has 2 aromatic carbocycles. The summed E-state index contributed by atoms with van der Waals surface area (Å²) in [7, 11) is 3.86. The third-order valence-corrected chi connectivity index (χ3v) is 2.60. The molecule has 0 bridgehead atoms. The van der Waals surface area contributed by atoms with Gasteiger partial charge in [0, 0.05) is 30.7 Å². The molecule has 0 saturated heterocycles. The highest BCUT2D eigenvalue weighted by Crippen LogP contribution is 2.27. The van der Waals surface area contributed by atoms with E-state index in [-0.39, 0.29) is 5.56 Å². The van der Waals surface area contributed by atoms with E-state index in [4.69, 9.17) is 0 Å². The maximum absolute atomic E-state index is 11.0. The number of anilines is 1. The molecule has 3 heteroatoms. The minimum atomic E-state index is -1.14. The first-order valence-electron chi connectivity index (χ1n) is 5.01. The van der Waals surface area contributed by atoms with Gasteiger partial charge in [-0.05, 0) is 11.5 Å². The third kappa shape index (κ3) is 1.60. The number of carbonyl (C=O) groups is 1. The van der Waals surface area contributed by atoms with Gasteiger partial charge in [-0.25, -0.2) is 0 Å². The van der Waals surface area contributed by atoms with Crippen LogP contribution >= 0.6 is 0 Å². The van der Waals surface area contributed by atoms with E-state index in [2.05, 4.69) is 0 Å². The summed E-state index contributed by atoms with van der Waals surface area (Å²) in [6.07, 6.45) is 0. The first-order chi connectivity index (χ1) is 7.61. The number of hydrogen-bond donors (Lipinski definition) is 0. The van der Waals surface area contributed by atoms with Crippen LogP contribution < -0.4 is 10.0 Å². The van der Waals surface area contributed by atoms with E-state index in [0.29, 0.717) is 5.39 Å². The molecule has 2 rings (SSSR count). The Balaban J connectivity index is 2.82. The number of hydrogen-bond acceptors (Lipinski definition) is 3. The Bertz CT molecular complexity index is 547. The maximum Gasteiger partial charge on any atom is 0.0721 e. The van der Waals surface area contributed by atoms with E-state index in [9.17, 15) is 9.90 Å². The van der Waals surface area contributed by atoms with Gasteiger partial charge in [0.05, 0.1) is 5.97 Å². The molecule has 0 fully saturated rings. The molecule has 0 saturated carbocycles. The summed E-state index contributed by atoms with van der Waals surface area (Å²) in [4.78, 5) is 12.9. The average molecular weight is 214 g/mol. The topological polar surface area (TPSA) is 43.4 Å². The quantitative estimate of drug-likeness (QED) is 0.756. The van der Waals surface area contributed by atoms with Crippen molar-refractivity contribution in [3.63, 3.8) is 0 Å². The van der Waals surface area contributed by atoms with Gasteiger partial charge in [-0.1, -0.05) is 30.3 Å². The van der Waals surface area contributed by atoms with Gasteiger partial charge < -0.3 is 14.8 Å². The summed E-state index contributed by atoms with van der Waals surface area (Å²) < 4.78 is 0. The van der Waals surface area contributed by atoms with Crippen molar-refractivity contribution in [3.8, 4) is 0 Å². The van der Waals surface area contributed by atoms with Crippen LogP contribution in [-0.2, 0) is 0 Å². The third-order valence-electron chi connectivity index (χ3n) is 2.60. The van der Waals surface area contributed by atoms with Crippen LogP contribution in [0.4, 0.5) is 5.69 Å². The van der Waals surface area contributed by atoms with Crippen LogP contribution in [0.1, 0.15) is 10.4 Å². The predicted molar refractivity (Wildman–Crippen MR) is 62.6 cm³/mol. The van der Waals surface area contributed by atoms with Crippen molar-refractivity contribution >= 4 is 22.4 Å². The highest BCUT2D eigenvalue weighted by atomic mass is 16.4. The molecule has 0 radical (unpaired) electrons. The molecule has 16 heavy (non-hydrogen) atoms. The lowest BCUT2D eigenvalue weighted by Crippen LogP contribution is -2.22. The molecule has 0 spiro atoms. The predicted octanol–water partition coefficient (Wildman–Crippen LogP) is 1.27. The molecule has 0 aliphatic carbocycles. The van der Waals surface area contributed by atoms with Crippen LogP contribution in [0.3, 0.4) is 0 Å². The summed E-state index contributed by atoms with van der Waals surface area (Å²) in [6.45, 7) is 0. The normalized spacial score (nSPS) is 10.4. The fourth-order valence-electron chi connectivity index (χ4n) is 1.85. The van der Waals surface area contributed by atoms with Crippen LogP contribution in [0, 0.1) is 0 Å². The molecule has 0 aliphatic heterocycles. The summed E-state index contributed by atoms with van der Waals surface area (Å²) in [5.74, 6) is -1.14. The molecular weight excluding hydrogens is 202 g/mol. The van der Waals surface area contributed by atoms with Gasteiger partial charge in [0.25, 0.3) is 0 Å². The molecule has 0 unspecified atom stereocenters. The van der Waals surface area contributed by atoms with Gasteiger partial charge in [0.1, 0.15) is 0 Å². The van der Waals surface area contributed by atoms with Crippen molar-refractivity contribution in [3.05, 3.63) is 42.0 Å². The van der Waals surface area contributed by atoms with Gasteiger partial charge in [-0.3, -0.25) is 0 Å². The second-order valence-corrected chi connectivity index (χ2v) is 3.86. The van der Waals surface area contributed by atoms with Gasteiger partial charge >= 0.3 is 0 Å². The van der Waals surface area contributed by atoms with E-state index >= 15 is 0 Å². The monoisotopic (exact) mass is 214 g/mol. The van der Waals surface area contributed by atoms with E-state index in [0.717, 1.165) is 11.1 Å². The molecule has 0 aliphatic rings. The van der Waals surface area contributed by atoms with Crippen molar-refractivity contribution in [1.29, 1.82) is 0 Å². The molecular formula is C13H12NO2-. The number of rotatable bonds is 2. The number of carboxylic acids is 1. The molecule has 82 valence electrons. The van der Waals surface area contributed by atoms with Crippen LogP contribution in [0.25, 0.3) is 10.8 Å². The van der Waals surface area contributed by atoms with Gasteiger partial charge in [-0.2, -0.15) is 0 Å². The Hall–Kier alpha value is -2.03. The molecule has 0 heterocycles. The largest absolute Gasteiger partial charge is 0.545 e. The van der Waals surface area contributed by atoms with E-state index in [1.807, 2.05) is 37.2 Å². The highest BCUT2D eigenvalue weighted by molar-refractivity contribution is 6.07. The molecule has 0 aromatic heterocycles. The Labute approximate surface area is 93.9 Å². The van der Waals surface area contributed by atoms with Crippen LogP contribution in [-0.4, -0.2) is 20.1 Å². The summed E-state index contributed by atoms with van der Waals surface area (Å²) in [5, 5.41) is 12.6. The van der Waals surface area contributed by atoms with Gasteiger partial charge in [-0.15, -0.1) is 0 Å². The second-order valence-electron chi connectivity index (χ2n) is 3.86. The smallest absolute Gasteiger partial charge is 0.0721 e. The highest BCUT2D eigenvalue weighted by Gasteiger charge is 2.06. The molecule has 0 amide bonds. The van der Waals surface area contributed by atoms with Crippen molar-refractivity contribution in [1.82, 2.24) is 0 Å². The lowest BCUT2D eigenvalue weighted by molar-refractivity contribution is -0.254. The number of fused-ring (bicyclic) bond motifs is 1. The zero-order valence-corrected chi connectivity index (χ0v) is 9.23. The molecule has 0 N–H and O–H groups in total. The molecule has 2 aromatic rings. The van der Waals surface area contributed by atoms with E-state index in [1.165, 1.54) is 0 Å². The van der Waals surface area contributed by atoms with Crippen LogP contribution in [0.2, 0.25) is 0 Å². The fourth-order valence-corrected chi connectivity index (χ4v) is 1.85. The number of carbonyl (C=O) groups excluding carboxylic acids is 1. The first-order valence-corrected chi connectivity index (χ1v) is 5.01. The number of nitrogens with zero attached hydrogens (tertiary/aromatic N) is 1. The van der Waals surface area contributed by atoms with Gasteiger partial charge in [0.15, 0.2) is 0 Å². The SMILES string of the molecule is CN(C)c1ccc(C(=O)[O-])c2ccccc12. The van der Waals surface area contributed by atoms with Gasteiger partial charge in [0.2, 0.25) is 0 Å². The van der Waals surface area contributed by atoms with Crippen molar-refractivity contribution < 1.29 is 9.90 Å². The van der Waals surface area contributed by atoms with E-state index < -0.39 is 5.97 Å². The number of aromatic carboxylic acids is 1. The average Bonchev–Trinajstić information content (AvgIpc) is 2.27. The second kappa shape index (κ2) is 3.85. The molecule has 0 atom stereocenters. The fraction of sp³-hybridized carbons (Fsp3) is 0.154. The van der Waals surface area contributed by atoms with Crippen LogP contribution in [0.15, 0.2) is 36.4 Å². The van der Waals surface area contributed by atoms with Crippen LogP contribution in [0.5, 0.6) is 0 Å². The lowest BCUT2D eigenvalue weighted by atomic mass is 10.0. The maximum atomic E-state index is 11.0. The lowest BCUT2D eigenvalue weighted by Gasteiger charge is -2.17. The van der Waals surface area contributed by atoms with E-state index in [1.54, 1.807) is 18.2 Å². The Morgan fingerprint density at radius 1 is 1.06 bits per heavy atom. The van der Waals surface area contributed by atoms with Crippen molar-refractivity contribution in [2.45, 2.75) is 0 Å². The standard InChI is InChI=1S/C13H13NO2/c1-14(2)12-8-7-11(13(15)16)9-5-3-4-6-10(9)12/h3-8H,1-2H3,(H,15,16)/p-1. The zero-order chi connectivity index (χ0) is 11.7.